The number of carboxylic acid groups (broad SMARTS) is 1. The lowest BCUT2D eigenvalue weighted by Gasteiger charge is -2.12. The van der Waals surface area contributed by atoms with Crippen LogP contribution in [0.4, 0.5) is 0 Å². The van der Waals surface area contributed by atoms with E-state index in [-0.39, 0.29) is 30.7 Å². The van der Waals surface area contributed by atoms with Crippen molar-refractivity contribution in [3.8, 4) is 0 Å². The summed E-state index contributed by atoms with van der Waals surface area (Å²) in [6, 6.07) is 6.58. The third-order valence-electron chi connectivity index (χ3n) is 3.77. The molecule has 8 heteroatoms. The fraction of sp³-hybridized carbons (Fsp3) is 0.375. The van der Waals surface area contributed by atoms with E-state index in [0.717, 1.165) is 5.56 Å². The second-order valence-corrected chi connectivity index (χ2v) is 5.49. The smallest absolute Gasteiger partial charge is 0.334 e. The van der Waals surface area contributed by atoms with Gasteiger partial charge in [-0.05, 0) is 24.1 Å². The first kappa shape index (κ1) is 17.6. The lowest BCUT2D eigenvalue weighted by molar-refractivity contribution is -0.148. The van der Waals surface area contributed by atoms with E-state index in [0.29, 0.717) is 12.0 Å². The Morgan fingerprint density at radius 3 is 2.50 bits per heavy atom. The Hall–Kier alpha value is -2.74. The van der Waals surface area contributed by atoms with Crippen LogP contribution in [-0.4, -0.2) is 48.6 Å². The van der Waals surface area contributed by atoms with Crippen LogP contribution in [0.25, 0.3) is 0 Å². The quantitative estimate of drug-likeness (QED) is 0.590. The van der Waals surface area contributed by atoms with Crippen LogP contribution in [0, 0.1) is 5.92 Å². The van der Waals surface area contributed by atoms with Gasteiger partial charge < -0.3 is 15.2 Å². The number of carbonyl (C=O) groups excluding carboxylic acids is 3. The minimum atomic E-state index is -1.16. The van der Waals surface area contributed by atoms with Gasteiger partial charge in [-0.2, -0.15) is 0 Å². The van der Waals surface area contributed by atoms with E-state index in [1.807, 2.05) is 0 Å². The summed E-state index contributed by atoms with van der Waals surface area (Å²) in [5.74, 6) is -2.50. The molecule has 1 aliphatic rings. The molecule has 0 saturated carbocycles. The molecule has 2 atom stereocenters. The van der Waals surface area contributed by atoms with Gasteiger partial charge in [-0.1, -0.05) is 12.1 Å². The first-order valence-corrected chi connectivity index (χ1v) is 7.37. The summed E-state index contributed by atoms with van der Waals surface area (Å²) in [6.45, 7) is -0.142. The topological polar surface area (TPSA) is 122 Å². The maximum absolute atomic E-state index is 12.0. The molecule has 8 nitrogen and oxygen atoms in total. The molecule has 1 aliphatic heterocycles. The van der Waals surface area contributed by atoms with Crippen molar-refractivity contribution in [2.75, 3.05) is 13.7 Å². The van der Waals surface area contributed by atoms with Gasteiger partial charge in [0.25, 0.3) is 5.91 Å². The molecule has 128 valence electrons. The van der Waals surface area contributed by atoms with Crippen molar-refractivity contribution in [3.63, 3.8) is 0 Å². The Balaban J connectivity index is 1.91. The van der Waals surface area contributed by atoms with Gasteiger partial charge in [-0.25, -0.2) is 4.79 Å². The summed E-state index contributed by atoms with van der Waals surface area (Å²) in [5.41, 5.74) is 1.20. The third-order valence-corrected chi connectivity index (χ3v) is 3.77. The van der Waals surface area contributed by atoms with Crippen LogP contribution in [0.1, 0.15) is 22.3 Å². The lowest BCUT2D eigenvalue weighted by atomic mass is 9.97. The average Bonchev–Trinajstić information content (AvgIpc) is 2.85. The van der Waals surface area contributed by atoms with Crippen LogP contribution in [0.3, 0.4) is 0 Å². The van der Waals surface area contributed by atoms with Crippen LogP contribution < -0.4 is 10.6 Å². The Morgan fingerprint density at radius 2 is 2.00 bits per heavy atom. The van der Waals surface area contributed by atoms with Crippen molar-refractivity contribution in [3.05, 3.63) is 35.4 Å². The fourth-order valence-corrected chi connectivity index (χ4v) is 2.41. The standard InChI is InChI=1S/C16H18N2O6/c1-24-12(16(22)23)8-17-14(20)10-4-2-9(3-5-10)6-11-7-13(19)18-15(11)21/h2-5,11-12H,6-8H2,1H3,(H,17,20)(H,22,23)(H,18,19,21). The minimum Gasteiger partial charge on any atom is -0.479 e. The molecule has 0 spiro atoms. The normalized spacial score (nSPS) is 18.1. The molecule has 24 heavy (non-hydrogen) atoms. The molecule has 2 unspecified atom stereocenters. The Labute approximate surface area is 138 Å². The molecular formula is C16H18N2O6. The first-order chi connectivity index (χ1) is 11.4. The van der Waals surface area contributed by atoms with Crippen molar-refractivity contribution < 1.29 is 29.0 Å². The van der Waals surface area contributed by atoms with E-state index in [9.17, 15) is 19.2 Å². The Morgan fingerprint density at radius 1 is 1.33 bits per heavy atom. The van der Waals surface area contributed by atoms with Gasteiger partial charge in [0.1, 0.15) is 0 Å². The SMILES string of the molecule is COC(CNC(=O)c1ccc(CC2CC(=O)NC2=O)cc1)C(=O)O. The molecule has 2 rings (SSSR count). The molecule has 0 bridgehead atoms. The van der Waals surface area contributed by atoms with Crippen LogP contribution in [0.5, 0.6) is 0 Å². The monoisotopic (exact) mass is 334 g/mol. The number of imide groups is 1. The number of hydrogen-bond acceptors (Lipinski definition) is 5. The highest BCUT2D eigenvalue weighted by Crippen LogP contribution is 2.17. The summed E-state index contributed by atoms with van der Waals surface area (Å²) in [5, 5.41) is 13.6. The second kappa shape index (κ2) is 7.69. The largest absolute Gasteiger partial charge is 0.479 e. The average molecular weight is 334 g/mol. The zero-order chi connectivity index (χ0) is 17.7. The Kier molecular flexibility index (Phi) is 5.64. The number of rotatable bonds is 7. The number of carbonyl (C=O) groups is 4. The number of carboxylic acids is 1. The van der Waals surface area contributed by atoms with Gasteiger partial charge in [0, 0.05) is 19.1 Å². The number of ether oxygens (including phenoxy) is 1. The summed E-state index contributed by atoms with van der Waals surface area (Å²) < 4.78 is 4.73. The van der Waals surface area contributed by atoms with Crippen molar-refractivity contribution in [1.29, 1.82) is 0 Å². The molecule has 0 radical (unpaired) electrons. The number of aliphatic carboxylic acids is 1. The summed E-state index contributed by atoms with van der Waals surface area (Å²) in [4.78, 5) is 45.5. The number of amides is 3. The predicted octanol–water partition coefficient (Wildman–Crippen LogP) is -0.279. The molecule has 1 heterocycles. The lowest BCUT2D eigenvalue weighted by Crippen LogP contribution is -2.37. The van der Waals surface area contributed by atoms with E-state index in [2.05, 4.69) is 10.6 Å². The van der Waals surface area contributed by atoms with E-state index in [1.165, 1.54) is 7.11 Å². The third kappa shape index (κ3) is 4.39. The van der Waals surface area contributed by atoms with E-state index in [4.69, 9.17) is 9.84 Å². The predicted molar refractivity (Wildman–Crippen MR) is 82.2 cm³/mol. The molecule has 1 aromatic carbocycles. The number of hydrogen-bond donors (Lipinski definition) is 3. The van der Waals surface area contributed by atoms with E-state index < -0.39 is 18.0 Å². The van der Waals surface area contributed by atoms with Gasteiger partial charge >= 0.3 is 5.97 Å². The van der Waals surface area contributed by atoms with Crippen molar-refractivity contribution in [1.82, 2.24) is 10.6 Å². The maximum Gasteiger partial charge on any atom is 0.334 e. The van der Waals surface area contributed by atoms with Gasteiger partial charge in [0.2, 0.25) is 11.8 Å². The van der Waals surface area contributed by atoms with Crippen LogP contribution in [0.15, 0.2) is 24.3 Å². The highest BCUT2D eigenvalue weighted by atomic mass is 16.5. The molecule has 3 amide bonds. The van der Waals surface area contributed by atoms with Crippen molar-refractivity contribution >= 4 is 23.7 Å². The first-order valence-electron chi connectivity index (χ1n) is 7.37. The zero-order valence-electron chi connectivity index (χ0n) is 13.1. The summed E-state index contributed by atoms with van der Waals surface area (Å²) >= 11 is 0. The molecule has 1 fully saturated rings. The van der Waals surface area contributed by atoms with Crippen LogP contribution in [-0.2, 0) is 25.5 Å². The number of methoxy groups -OCH3 is 1. The molecule has 0 aliphatic carbocycles. The van der Waals surface area contributed by atoms with Gasteiger partial charge in [-0.15, -0.1) is 0 Å². The molecule has 1 saturated heterocycles. The zero-order valence-corrected chi connectivity index (χ0v) is 13.1. The highest BCUT2D eigenvalue weighted by Gasteiger charge is 2.30. The van der Waals surface area contributed by atoms with Crippen molar-refractivity contribution in [2.24, 2.45) is 5.92 Å². The Bertz CT molecular complexity index is 655. The van der Waals surface area contributed by atoms with Crippen LogP contribution >= 0.6 is 0 Å². The summed E-state index contributed by atoms with van der Waals surface area (Å²) in [6.07, 6.45) is -0.509. The van der Waals surface area contributed by atoms with Crippen LogP contribution in [0.2, 0.25) is 0 Å². The van der Waals surface area contributed by atoms with Gasteiger partial charge in [0.05, 0.1) is 12.5 Å². The second-order valence-electron chi connectivity index (χ2n) is 5.49. The highest BCUT2D eigenvalue weighted by molar-refractivity contribution is 6.03. The molecule has 1 aromatic rings. The number of nitrogens with one attached hydrogen (secondary N) is 2. The van der Waals surface area contributed by atoms with E-state index in [1.54, 1.807) is 24.3 Å². The van der Waals surface area contributed by atoms with E-state index >= 15 is 0 Å². The molecule has 3 N–H and O–H groups in total. The molecular weight excluding hydrogens is 316 g/mol. The van der Waals surface area contributed by atoms with Gasteiger partial charge in [0.15, 0.2) is 6.10 Å². The summed E-state index contributed by atoms with van der Waals surface area (Å²) in [7, 11) is 1.25. The minimum absolute atomic E-state index is 0.142. The maximum atomic E-state index is 12.0. The van der Waals surface area contributed by atoms with Crippen molar-refractivity contribution in [2.45, 2.75) is 18.9 Å². The van der Waals surface area contributed by atoms with Gasteiger partial charge in [-0.3, -0.25) is 19.7 Å². The number of benzene rings is 1. The molecule has 0 aromatic heterocycles. The fourth-order valence-electron chi connectivity index (χ4n) is 2.41.